The standard InChI is InChI=1S/C15H10N4OS/c16-7-11-6-12(8-17)15(19-14(11)18)21-9-13(20)10-4-2-1-3-5-10/h1-6H,9H2,(H2,18,19). The Morgan fingerprint density at radius 2 is 1.86 bits per heavy atom. The Kier molecular flexibility index (Phi) is 4.55. The second-order valence-electron chi connectivity index (χ2n) is 4.08. The number of hydrogen-bond acceptors (Lipinski definition) is 6. The smallest absolute Gasteiger partial charge is 0.173 e. The summed E-state index contributed by atoms with van der Waals surface area (Å²) in [6, 6.07) is 14.1. The summed E-state index contributed by atoms with van der Waals surface area (Å²) in [5.74, 6) is 0.150. The van der Waals surface area contributed by atoms with E-state index in [0.717, 1.165) is 11.8 Å². The van der Waals surface area contributed by atoms with Crippen LogP contribution in [0.2, 0.25) is 0 Å². The number of carbonyl (C=O) groups is 1. The molecule has 0 spiro atoms. The van der Waals surface area contributed by atoms with Crippen molar-refractivity contribution in [2.24, 2.45) is 0 Å². The summed E-state index contributed by atoms with van der Waals surface area (Å²) in [7, 11) is 0. The van der Waals surface area contributed by atoms with Crippen LogP contribution in [0.3, 0.4) is 0 Å². The first-order chi connectivity index (χ1) is 10.2. The van der Waals surface area contributed by atoms with E-state index in [4.69, 9.17) is 16.3 Å². The lowest BCUT2D eigenvalue weighted by Crippen LogP contribution is -2.04. The van der Waals surface area contributed by atoms with Crippen molar-refractivity contribution in [2.45, 2.75) is 5.03 Å². The number of nitriles is 2. The van der Waals surface area contributed by atoms with Crippen LogP contribution in [-0.4, -0.2) is 16.5 Å². The maximum Gasteiger partial charge on any atom is 0.173 e. The first-order valence-electron chi connectivity index (χ1n) is 5.97. The third-order valence-corrected chi connectivity index (χ3v) is 3.68. The number of Topliss-reactive ketones (excluding diaryl/α,β-unsaturated/α-hetero) is 1. The fraction of sp³-hybridized carbons (Fsp3) is 0.0667. The number of thioether (sulfide) groups is 1. The van der Waals surface area contributed by atoms with Gasteiger partial charge in [-0.3, -0.25) is 4.79 Å². The molecule has 102 valence electrons. The lowest BCUT2D eigenvalue weighted by atomic mass is 10.2. The third kappa shape index (κ3) is 3.38. The lowest BCUT2D eigenvalue weighted by Gasteiger charge is -2.05. The van der Waals surface area contributed by atoms with E-state index in [1.54, 1.807) is 24.3 Å². The van der Waals surface area contributed by atoms with Gasteiger partial charge in [-0.25, -0.2) is 4.98 Å². The molecule has 2 rings (SSSR count). The van der Waals surface area contributed by atoms with Gasteiger partial charge in [0, 0.05) is 5.56 Å². The molecule has 21 heavy (non-hydrogen) atoms. The van der Waals surface area contributed by atoms with Gasteiger partial charge in [-0.2, -0.15) is 10.5 Å². The van der Waals surface area contributed by atoms with Crippen molar-refractivity contribution >= 4 is 23.4 Å². The van der Waals surface area contributed by atoms with Crippen LogP contribution in [0.1, 0.15) is 21.5 Å². The second-order valence-corrected chi connectivity index (χ2v) is 5.04. The summed E-state index contributed by atoms with van der Waals surface area (Å²) < 4.78 is 0. The van der Waals surface area contributed by atoms with Crippen molar-refractivity contribution in [1.82, 2.24) is 4.98 Å². The minimum atomic E-state index is -0.0609. The van der Waals surface area contributed by atoms with Crippen LogP contribution in [0.4, 0.5) is 5.82 Å². The number of nitrogens with two attached hydrogens (primary N) is 1. The average Bonchev–Trinajstić information content (AvgIpc) is 2.53. The van der Waals surface area contributed by atoms with Gasteiger partial charge in [0.15, 0.2) is 5.78 Å². The SMILES string of the molecule is N#Cc1cc(C#N)c(SCC(=O)c2ccccc2)nc1N. The van der Waals surface area contributed by atoms with Crippen LogP contribution < -0.4 is 5.73 Å². The largest absolute Gasteiger partial charge is 0.383 e. The van der Waals surface area contributed by atoms with E-state index in [1.165, 1.54) is 6.07 Å². The molecule has 0 saturated carbocycles. The Bertz CT molecular complexity index is 760. The number of ketones is 1. The van der Waals surface area contributed by atoms with Gasteiger partial charge in [0.1, 0.15) is 23.0 Å². The molecule has 0 aliphatic rings. The fourth-order valence-corrected chi connectivity index (χ4v) is 2.49. The predicted octanol–water partition coefficient (Wildman–Crippen LogP) is 2.38. The van der Waals surface area contributed by atoms with E-state index in [0.29, 0.717) is 10.6 Å². The summed E-state index contributed by atoms with van der Waals surface area (Å²) in [6.45, 7) is 0. The number of pyridine rings is 1. The number of nitrogen functional groups attached to an aromatic ring is 1. The first-order valence-corrected chi connectivity index (χ1v) is 6.96. The highest BCUT2D eigenvalue weighted by Crippen LogP contribution is 2.24. The van der Waals surface area contributed by atoms with E-state index >= 15 is 0 Å². The van der Waals surface area contributed by atoms with Gasteiger partial charge in [0.25, 0.3) is 0 Å². The van der Waals surface area contributed by atoms with Gasteiger partial charge in [-0.05, 0) is 6.07 Å². The van der Waals surface area contributed by atoms with Gasteiger partial charge < -0.3 is 5.73 Å². The first kappa shape index (κ1) is 14.6. The molecule has 6 heteroatoms. The molecule has 1 aromatic carbocycles. The van der Waals surface area contributed by atoms with E-state index in [9.17, 15) is 4.79 Å². The zero-order valence-electron chi connectivity index (χ0n) is 10.9. The van der Waals surface area contributed by atoms with E-state index in [-0.39, 0.29) is 28.5 Å². The van der Waals surface area contributed by atoms with Gasteiger partial charge >= 0.3 is 0 Å². The molecular formula is C15H10N4OS. The molecule has 0 atom stereocenters. The van der Waals surface area contributed by atoms with Crippen molar-refractivity contribution in [3.05, 3.63) is 53.1 Å². The summed E-state index contributed by atoms with van der Waals surface area (Å²) in [6.07, 6.45) is 0. The highest BCUT2D eigenvalue weighted by atomic mass is 32.2. The Morgan fingerprint density at radius 1 is 1.19 bits per heavy atom. The Morgan fingerprint density at radius 3 is 2.48 bits per heavy atom. The summed E-state index contributed by atoms with van der Waals surface area (Å²) in [5.41, 5.74) is 6.63. The van der Waals surface area contributed by atoms with Crippen LogP contribution in [0, 0.1) is 22.7 Å². The van der Waals surface area contributed by atoms with Crippen molar-refractivity contribution in [3.63, 3.8) is 0 Å². The maximum absolute atomic E-state index is 12.0. The quantitative estimate of drug-likeness (QED) is 0.685. The molecule has 0 fully saturated rings. The Balaban J connectivity index is 2.18. The number of rotatable bonds is 4. The molecule has 1 heterocycles. The zero-order chi connectivity index (χ0) is 15.2. The molecule has 0 amide bonds. The molecule has 2 aromatic rings. The van der Waals surface area contributed by atoms with Gasteiger partial charge in [-0.1, -0.05) is 42.1 Å². The Hall–Kier alpha value is -2.83. The van der Waals surface area contributed by atoms with Crippen LogP contribution in [-0.2, 0) is 0 Å². The fourth-order valence-electron chi connectivity index (χ4n) is 1.63. The Labute approximate surface area is 126 Å². The van der Waals surface area contributed by atoms with Crippen LogP contribution >= 0.6 is 11.8 Å². The molecule has 0 aliphatic heterocycles. The summed E-state index contributed by atoms with van der Waals surface area (Å²) in [4.78, 5) is 16.0. The van der Waals surface area contributed by atoms with E-state index < -0.39 is 0 Å². The average molecular weight is 294 g/mol. The molecule has 0 saturated heterocycles. The van der Waals surface area contributed by atoms with Crippen molar-refractivity contribution < 1.29 is 4.79 Å². The van der Waals surface area contributed by atoms with E-state index in [1.807, 2.05) is 18.2 Å². The van der Waals surface area contributed by atoms with Crippen LogP contribution in [0.25, 0.3) is 0 Å². The minimum Gasteiger partial charge on any atom is -0.383 e. The molecule has 0 radical (unpaired) electrons. The van der Waals surface area contributed by atoms with Gasteiger partial charge in [0.05, 0.1) is 16.9 Å². The normalized spacial score (nSPS) is 9.62. The third-order valence-electron chi connectivity index (χ3n) is 2.69. The molecule has 0 unspecified atom stereocenters. The summed E-state index contributed by atoms with van der Waals surface area (Å²) >= 11 is 1.14. The van der Waals surface area contributed by atoms with E-state index in [2.05, 4.69) is 4.98 Å². The van der Waals surface area contributed by atoms with Crippen LogP contribution in [0.5, 0.6) is 0 Å². The number of anilines is 1. The predicted molar refractivity (Wildman–Crippen MR) is 79.6 cm³/mol. The highest BCUT2D eigenvalue weighted by Gasteiger charge is 2.13. The number of nitrogens with zero attached hydrogens (tertiary/aromatic N) is 3. The zero-order valence-corrected chi connectivity index (χ0v) is 11.7. The van der Waals surface area contributed by atoms with Crippen molar-refractivity contribution in [1.29, 1.82) is 10.5 Å². The van der Waals surface area contributed by atoms with Crippen molar-refractivity contribution in [3.8, 4) is 12.1 Å². The molecule has 0 bridgehead atoms. The highest BCUT2D eigenvalue weighted by molar-refractivity contribution is 8.00. The number of aromatic nitrogens is 1. The van der Waals surface area contributed by atoms with Crippen LogP contribution in [0.15, 0.2) is 41.4 Å². The molecule has 2 N–H and O–H groups in total. The maximum atomic E-state index is 12.0. The second kappa shape index (κ2) is 6.56. The van der Waals surface area contributed by atoms with Crippen molar-refractivity contribution in [2.75, 3.05) is 11.5 Å². The molecule has 0 aliphatic carbocycles. The number of benzene rings is 1. The number of carbonyl (C=O) groups excluding carboxylic acids is 1. The molecule has 5 nitrogen and oxygen atoms in total. The van der Waals surface area contributed by atoms with Gasteiger partial charge in [-0.15, -0.1) is 0 Å². The topological polar surface area (TPSA) is 104 Å². The number of hydrogen-bond donors (Lipinski definition) is 1. The lowest BCUT2D eigenvalue weighted by molar-refractivity contribution is 0.102. The summed E-state index contributed by atoms with van der Waals surface area (Å²) in [5, 5.41) is 18.3. The molecular weight excluding hydrogens is 284 g/mol. The monoisotopic (exact) mass is 294 g/mol. The molecule has 1 aromatic heterocycles. The van der Waals surface area contributed by atoms with Gasteiger partial charge in [0.2, 0.25) is 0 Å². The minimum absolute atomic E-state index is 0.0609.